The Morgan fingerprint density at radius 3 is 2.78 bits per heavy atom. The van der Waals surface area contributed by atoms with Gasteiger partial charge in [-0.25, -0.2) is 18.1 Å². The highest BCUT2D eigenvalue weighted by atomic mass is 32.2. The second-order valence-corrected chi connectivity index (χ2v) is 9.82. The van der Waals surface area contributed by atoms with Crippen LogP contribution in [0.25, 0.3) is 11.0 Å². The molecular formula is C23H26N4O4S. The number of nitrogens with zero attached hydrogens (tertiary/aromatic N) is 2. The molecule has 1 aliphatic rings. The van der Waals surface area contributed by atoms with Gasteiger partial charge in [-0.1, -0.05) is 24.3 Å². The van der Waals surface area contributed by atoms with Crippen molar-refractivity contribution in [1.29, 1.82) is 0 Å². The number of aromatic amines is 1. The van der Waals surface area contributed by atoms with E-state index >= 15 is 0 Å². The summed E-state index contributed by atoms with van der Waals surface area (Å²) in [5, 5.41) is 0. The number of rotatable bonds is 7. The van der Waals surface area contributed by atoms with Gasteiger partial charge in [0.1, 0.15) is 5.82 Å². The van der Waals surface area contributed by atoms with Gasteiger partial charge in [0.2, 0.25) is 15.9 Å². The van der Waals surface area contributed by atoms with Gasteiger partial charge in [0.15, 0.2) is 5.78 Å². The summed E-state index contributed by atoms with van der Waals surface area (Å²) in [5.74, 6) is 0.716. The van der Waals surface area contributed by atoms with Crippen LogP contribution in [-0.2, 0) is 14.8 Å². The molecule has 1 amide bonds. The number of Topliss-reactive ketones (excluding diaryl/α,β-unsaturated/α-hetero) is 1. The number of carbonyl (C=O) groups excluding carboxylic acids is 2. The average Bonchev–Trinajstić information content (AvgIpc) is 3.23. The number of imidazole rings is 1. The molecule has 1 aliphatic heterocycles. The van der Waals surface area contributed by atoms with Crippen molar-refractivity contribution in [2.24, 2.45) is 0 Å². The van der Waals surface area contributed by atoms with E-state index < -0.39 is 10.0 Å². The Hall–Kier alpha value is -3.04. The van der Waals surface area contributed by atoms with Crippen LogP contribution < -0.4 is 4.72 Å². The number of nitrogens with one attached hydrogen (secondary N) is 2. The maximum atomic E-state index is 12.7. The fourth-order valence-corrected chi connectivity index (χ4v) is 5.09. The van der Waals surface area contributed by atoms with Crippen LogP contribution in [0.15, 0.2) is 53.4 Å². The summed E-state index contributed by atoms with van der Waals surface area (Å²) in [5.41, 5.74) is 2.22. The Labute approximate surface area is 187 Å². The molecule has 2 N–H and O–H groups in total. The first kappa shape index (κ1) is 22.2. The topological polar surface area (TPSA) is 112 Å². The lowest BCUT2D eigenvalue weighted by molar-refractivity contribution is -0.132. The van der Waals surface area contributed by atoms with E-state index in [0.717, 1.165) is 29.7 Å². The number of piperidine rings is 1. The average molecular weight is 455 g/mol. The number of likely N-dealkylation sites (tertiary alicyclic amines) is 1. The van der Waals surface area contributed by atoms with Gasteiger partial charge in [-0.2, -0.15) is 0 Å². The van der Waals surface area contributed by atoms with Crippen LogP contribution in [0.1, 0.15) is 48.3 Å². The summed E-state index contributed by atoms with van der Waals surface area (Å²) in [6.45, 7) is 2.60. The number of aromatic nitrogens is 2. The quantitative estimate of drug-likeness (QED) is 0.533. The molecule has 1 atom stereocenters. The number of para-hydroxylation sites is 2. The van der Waals surface area contributed by atoms with Gasteiger partial charge in [0.05, 0.1) is 15.9 Å². The Morgan fingerprint density at radius 1 is 1.19 bits per heavy atom. The van der Waals surface area contributed by atoms with E-state index in [0.29, 0.717) is 18.7 Å². The van der Waals surface area contributed by atoms with Gasteiger partial charge in [-0.15, -0.1) is 0 Å². The number of amides is 1. The van der Waals surface area contributed by atoms with Crippen LogP contribution in [0.3, 0.4) is 0 Å². The van der Waals surface area contributed by atoms with E-state index in [9.17, 15) is 18.0 Å². The van der Waals surface area contributed by atoms with Crippen LogP contribution in [0.2, 0.25) is 0 Å². The third-order valence-corrected chi connectivity index (χ3v) is 7.21. The molecule has 168 valence electrons. The number of sulfonamides is 1. The van der Waals surface area contributed by atoms with Crippen molar-refractivity contribution < 1.29 is 18.0 Å². The first-order valence-corrected chi connectivity index (χ1v) is 12.1. The Morgan fingerprint density at radius 2 is 2.00 bits per heavy atom. The van der Waals surface area contributed by atoms with Crippen LogP contribution in [0, 0.1) is 0 Å². The van der Waals surface area contributed by atoms with E-state index in [1.807, 2.05) is 24.3 Å². The number of ketones is 1. The highest BCUT2D eigenvalue weighted by Gasteiger charge is 2.27. The SMILES string of the molecule is CC(=O)c1cccc(S(=O)(=O)NCCC(=O)N2CCCC(c3nc4ccccc4[nH]3)C2)c1. The van der Waals surface area contributed by atoms with Gasteiger partial charge in [-0.05, 0) is 44.0 Å². The molecule has 1 aromatic heterocycles. The number of hydrogen-bond acceptors (Lipinski definition) is 5. The van der Waals surface area contributed by atoms with E-state index in [2.05, 4.69) is 14.7 Å². The van der Waals surface area contributed by atoms with Gasteiger partial charge in [0, 0.05) is 37.5 Å². The lowest BCUT2D eigenvalue weighted by atomic mass is 9.97. The molecule has 0 bridgehead atoms. The molecule has 2 heterocycles. The first-order valence-electron chi connectivity index (χ1n) is 10.7. The molecule has 1 fully saturated rings. The Kier molecular flexibility index (Phi) is 6.38. The van der Waals surface area contributed by atoms with E-state index in [1.165, 1.54) is 25.1 Å². The zero-order valence-corrected chi connectivity index (χ0v) is 18.7. The van der Waals surface area contributed by atoms with Gasteiger partial charge >= 0.3 is 0 Å². The molecule has 1 unspecified atom stereocenters. The summed E-state index contributed by atoms with van der Waals surface area (Å²) < 4.78 is 27.5. The molecule has 8 nitrogen and oxygen atoms in total. The van der Waals surface area contributed by atoms with E-state index in [-0.39, 0.29) is 35.5 Å². The smallest absolute Gasteiger partial charge is 0.240 e. The summed E-state index contributed by atoms with van der Waals surface area (Å²) in [4.78, 5) is 34.1. The first-order chi connectivity index (χ1) is 15.3. The molecular weight excluding hydrogens is 428 g/mol. The van der Waals surface area contributed by atoms with Crippen LogP contribution in [0.5, 0.6) is 0 Å². The normalized spacial score (nSPS) is 16.9. The third kappa shape index (κ3) is 4.89. The number of H-pyrrole nitrogens is 1. The maximum absolute atomic E-state index is 12.7. The lowest BCUT2D eigenvalue weighted by Gasteiger charge is -2.32. The maximum Gasteiger partial charge on any atom is 0.240 e. The lowest BCUT2D eigenvalue weighted by Crippen LogP contribution is -2.40. The number of carbonyl (C=O) groups is 2. The molecule has 3 aromatic rings. The van der Waals surface area contributed by atoms with Crippen molar-refractivity contribution in [1.82, 2.24) is 19.6 Å². The van der Waals surface area contributed by atoms with Crippen molar-refractivity contribution in [3.63, 3.8) is 0 Å². The Balaban J connectivity index is 1.34. The Bertz CT molecular complexity index is 1220. The summed E-state index contributed by atoms with van der Waals surface area (Å²) in [6.07, 6.45) is 1.89. The minimum absolute atomic E-state index is 0.00271. The zero-order chi connectivity index (χ0) is 22.7. The number of benzene rings is 2. The van der Waals surface area contributed by atoms with Gasteiger partial charge in [0.25, 0.3) is 0 Å². The molecule has 4 rings (SSSR count). The predicted octanol–water partition coefficient (Wildman–Crippen LogP) is 2.84. The molecule has 0 radical (unpaired) electrons. The van der Waals surface area contributed by atoms with Gasteiger partial charge in [-0.3, -0.25) is 9.59 Å². The highest BCUT2D eigenvalue weighted by Crippen LogP contribution is 2.27. The van der Waals surface area contributed by atoms with E-state index in [4.69, 9.17) is 0 Å². The van der Waals surface area contributed by atoms with Crippen LogP contribution in [-0.4, -0.2) is 54.6 Å². The number of hydrogen-bond donors (Lipinski definition) is 2. The zero-order valence-electron chi connectivity index (χ0n) is 17.9. The highest BCUT2D eigenvalue weighted by molar-refractivity contribution is 7.89. The van der Waals surface area contributed by atoms with Crippen molar-refractivity contribution in [3.05, 3.63) is 59.9 Å². The summed E-state index contributed by atoms with van der Waals surface area (Å²) in [6, 6.07) is 13.7. The van der Waals surface area contributed by atoms with Crippen LogP contribution >= 0.6 is 0 Å². The molecule has 32 heavy (non-hydrogen) atoms. The summed E-state index contributed by atoms with van der Waals surface area (Å²) >= 11 is 0. The minimum Gasteiger partial charge on any atom is -0.342 e. The standard InChI is InChI=1S/C23H26N4O4S/c1-16(28)17-6-4-8-19(14-17)32(30,31)24-12-11-22(29)27-13-5-7-18(15-27)23-25-20-9-2-3-10-21(20)26-23/h2-4,6,8-10,14,18,24H,5,7,11-13,15H2,1H3,(H,25,26). The minimum atomic E-state index is -3.80. The second kappa shape index (κ2) is 9.22. The van der Waals surface area contributed by atoms with E-state index in [1.54, 1.807) is 11.0 Å². The van der Waals surface area contributed by atoms with Crippen LogP contribution in [0.4, 0.5) is 0 Å². The molecule has 9 heteroatoms. The van der Waals surface area contributed by atoms with Crippen molar-refractivity contribution >= 4 is 32.7 Å². The third-order valence-electron chi connectivity index (χ3n) is 5.75. The fraction of sp³-hybridized carbons (Fsp3) is 0.348. The van der Waals surface area contributed by atoms with Crippen molar-refractivity contribution in [2.45, 2.75) is 37.0 Å². The summed E-state index contributed by atoms with van der Waals surface area (Å²) in [7, 11) is -3.80. The van der Waals surface area contributed by atoms with Crippen molar-refractivity contribution in [3.8, 4) is 0 Å². The predicted molar refractivity (Wildman–Crippen MR) is 121 cm³/mol. The fourth-order valence-electron chi connectivity index (χ4n) is 4.01. The molecule has 0 saturated carbocycles. The second-order valence-electron chi connectivity index (χ2n) is 8.05. The monoisotopic (exact) mass is 454 g/mol. The van der Waals surface area contributed by atoms with Crippen molar-refractivity contribution in [2.75, 3.05) is 19.6 Å². The van der Waals surface area contributed by atoms with Gasteiger partial charge < -0.3 is 9.88 Å². The number of fused-ring (bicyclic) bond motifs is 1. The molecule has 1 saturated heterocycles. The largest absolute Gasteiger partial charge is 0.342 e. The molecule has 0 spiro atoms. The molecule has 2 aromatic carbocycles. The molecule has 0 aliphatic carbocycles.